The maximum absolute atomic E-state index is 12.0. The summed E-state index contributed by atoms with van der Waals surface area (Å²) >= 11 is 5.96. The summed E-state index contributed by atoms with van der Waals surface area (Å²) < 4.78 is 13.3. The Morgan fingerprint density at radius 1 is 0.976 bits per heavy atom. The number of benzene rings is 2. The van der Waals surface area contributed by atoms with Gasteiger partial charge in [0.25, 0.3) is 0 Å². The lowest BCUT2D eigenvalue weighted by Gasteiger charge is -2.28. The summed E-state index contributed by atoms with van der Waals surface area (Å²) in [4.78, 5) is 18.9. The fourth-order valence-electron chi connectivity index (χ4n) is 6.18. The Balaban J connectivity index is 1.39. The monoisotopic (exact) mass is 566 g/mol. The fraction of sp³-hybridized carbons (Fsp3) is 0.303. The number of aryl methyl sites for hydroxylation is 1. The lowest BCUT2D eigenvalue weighted by atomic mass is 9.96. The third kappa shape index (κ3) is 5.20. The van der Waals surface area contributed by atoms with Crippen molar-refractivity contribution in [2.24, 2.45) is 0 Å². The van der Waals surface area contributed by atoms with Crippen LogP contribution in [0.2, 0.25) is 0 Å². The van der Waals surface area contributed by atoms with E-state index in [0.29, 0.717) is 16.8 Å². The van der Waals surface area contributed by atoms with Gasteiger partial charge in [-0.25, -0.2) is 4.79 Å². The normalized spacial score (nSPS) is 18.9. The lowest BCUT2D eigenvalue weighted by Crippen LogP contribution is -2.29. The molecular formula is C33H34N4O3S. The van der Waals surface area contributed by atoms with Crippen molar-refractivity contribution in [3.63, 3.8) is 0 Å². The van der Waals surface area contributed by atoms with Gasteiger partial charge in [0.15, 0.2) is 5.11 Å². The van der Waals surface area contributed by atoms with Gasteiger partial charge in [0.2, 0.25) is 0 Å². The van der Waals surface area contributed by atoms with E-state index in [1.165, 1.54) is 20.0 Å². The van der Waals surface area contributed by atoms with Crippen molar-refractivity contribution in [3.05, 3.63) is 107 Å². The highest BCUT2D eigenvalue weighted by Crippen LogP contribution is 2.44. The van der Waals surface area contributed by atoms with Gasteiger partial charge in [-0.1, -0.05) is 6.07 Å². The van der Waals surface area contributed by atoms with Crippen LogP contribution in [0.15, 0.2) is 79.0 Å². The van der Waals surface area contributed by atoms with Crippen LogP contribution >= 0.6 is 12.2 Å². The van der Waals surface area contributed by atoms with Crippen molar-refractivity contribution in [2.45, 2.75) is 57.7 Å². The van der Waals surface area contributed by atoms with Gasteiger partial charge in [0.05, 0.1) is 36.6 Å². The number of hydrogen-bond donors (Lipinski definition) is 1. The van der Waals surface area contributed by atoms with Crippen molar-refractivity contribution < 1.29 is 14.3 Å². The second-order valence-corrected chi connectivity index (χ2v) is 11.1. The van der Waals surface area contributed by atoms with Crippen LogP contribution in [-0.4, -0.2) is 33.8 Å². The number of carbonyl (C=O) groups is 1. The molecule has 0 amide bonds. The van der Waals surface area contributed by atoms with E-state index in [-0.39, 0.29) is 18.1 Å². The van der Waals surface area contributed by atoms with Crippen LogP contribution < -0.4 is 15.0 Å². The number of thiocarbonyl (C=S) groups is 1. The van der Waals surface area contributed by atoms with Gasteiger partial charge in [-0.15, -0.1) is 0 Å². The SMILES string of the molecule is COC(=O)c1ccc(-n2c(C)cc([C@@H]3[C@@H](c4ccccn4)NC(=S)N3c3ccc(OC4CCCC4)cc3)c2C)cc1. The molecule has 0 unspecified atom stereocenters. The minimum absolute atomic E-state index is 0.131. The second kappa shape index (κ2) is 11.4. The van der Waals surface area contributed by atoms with Crippen LogP contribution in [0, 0.1) is 13.8 Å². The van der Waals surface area contributed by atoms with Gasteiger partial charge in [-0.3, -0.25) is 4.98 Å². The lowest BCUT2D eigenvalue weighted by molar-refractivity contribution is 0.0600. The molecule has 6 rings (SSSR count). The Labute approximate surface area is 246 Å². The zero-order chi connectivity index (χ0) is 28.5. The van der Waals surface area contributed by atoms with Crippen LogP contribution in [0.25, 0.3) is 5.69 Å². The maximum atomic E-state index is 12.0. The van der Waals surface area contributed by atoms with E-state index in [4.69, 9.17) is 26.7 Å². The quantitative estimate of drug-likeness (QED) is 0.195. The topological polar surface area (TPSA) is 68.6 Å². The molecule has 210 valence electrons. The summed E-state index contributed by atoms with van der Waals surface area (Å²) in [5.74, 6) is 0.544. The van der Waals surface area contributed by atoms with Crippen LogP contribution in [0.5, 0.6) is 5.75 Å². The third-order valence-corrected chi connectivity index (χ3v) is 8.47. The number of aromatic nitrogens is 2. The van der Waals surface area contributed by atoms with Gasteiger partial charge in [-0.05, 0) is 124 Å². The largest absolute Gasteiger partial charge is 0.490 e. The number of nitrogens with one attached hydrogen (secondary N) is 1. The molecule has 1 saturated carbocycles. The minimum Gasteiger partial charge on any atom is -0.490 e. The van der Waals surface area contributed by atoms with E-state index >= 15 is 0 Å². The molecule has 1 aliphatic carbocycles. The van der Waals surface area contributed by atoms with Crippen molar-refractivity contribution in [1.82, 2.24) is 14.9 Å². The molecule has 2 aliphatic rings. The first-order chi connectivity index (χ1) is 19.9. The molecule has 3 heterocycles. The molecule has 2 atom stereocenters. The van der Waals surface area contributed by atoms with Crippen LogP contribution in [-0.2, 0) is 4.74 Å². The van der Waals surface area contributed by atoms with E-state index in [1.807, 2.05) is 48.7 Å². The molecule has 0 bridgehead atoms. The van der Waals surface area contributed by atoms with Crippen molar-refractivity contribution >= 4 is 29.0 Å². The third-order valence-electron chi connectivity index (χ3n) is 8.15. The molecule has 0 radical (unpaired) electrons. The molecule has 1 saturated heterocycles. The first-order valence-electron chi connectivity index (χ1n) is 14.1. The molecule has 41 heavy (non-hydrogen) atoms. The molecule has 1 N–H and O–H groups in total. The number of carbonyl (C=O) groups excluding carboxylic acids is 1. The van der Waals surface area contributed by atoms with E-state index < -0.39 is 0 Å². The maximum Gasteiger partial charge on any atom is 0.337 e. The average molecular weight is 567 g/mol. The minimum atomic E-state index is -0.350. The number of methoxy groups -OCH3 is 1. The summed E-state index contributed by atoms with van der Waals surface area (Å²) in [6, 6.07) is 23.7. The van der Waals surface area contributed by atoms with Gasteiger partial charge in [0.1, 0.15) is 5.75 Å². The summed E-state index contributed by atoms with van der Waals surface area (Å²) in [6.45, 7) is 4.23. The first kappa shape index (κ1) is 27.0. The summed E-state index contributed by atoms with van der Waals surface area (Å²) in [7, 11) is 1.39. The van der Waals surface area contributed by atoms with Crippen molar-refractivity contribution in [1.29, 1.82) is 0 Å². The molecule has 7 nitrogen and oxygen atoms in total. The first-order valence-corrected chi connectivity index (χ1v) is 14.5. The predicted octanol–water partition coefficient (Wildman–Crippen LogP) is 6.77. The van der Waals surface area contributed by atoms with Gasteiger partial charge in [-0.2, -0.15) is 0 Å². The Bertz CT molecular complexity index is 1540. The number of pyridine rings is 1. The van der Waals surface area contributed by atoms with E-state index in [9.17, 15) is 4.79 Å². The predicted molar refractivity (Wildman–Crippen MR) is 164 cm³/mol. The van der Waals surface area contributed by atoms with Gasteiger partial charge in [0, 0.05) is 29.0 Å². The number of nitrogens with zero attached hydrogens (tertiary/aromatic N) is 3. The summed E-state index contributed by atoms with van der Waals surface area (Å²) in [6.07, 6.45) is 6.85. The molecule has 1 aliphatic heterocycles. The van der Waals surface area contributed by atoms with E-state index in [2.05, 4.69) is 46.8 Å². The smallest absolute Gasteiger partial charge is 0.337 e. The van der Waals surface area contributed by atoms with Crippen LogP contribution in [0.4, 0.5) is 5.69 Å². The molecule has 2 aromatic heterocycles. The van der Waals surface area contributed by atoms with Crippen LogP contribution in [0.1, 0.15) is 70.8 Å². The number of rotatable bonds is 7. The number of hydrogen-bond acceptors (Lipinski definition) is 5. The fourth-order valence-corrected chi connectivity index (χ4v) is 6.53. The Hall–Kier alpha value is -4.17. The Morgan fingerprint density at radius 2 is 1.68 bits per heavy atom. The summed E-state index contributed by atoms with van der Waals surface area (Å²) in [5.41, 5.74) is 6.74. The second-order valence-electron chi connectivity index (χ2n) is 10.7. The van der Waals surface area contributed by atoms with E-state index in [0.717, 1.165) is 52.6 Å². The Kier molecular flexibility index (Phi) is 7.49. The zero-order valence-electron chi connectivity index (χ0n) is 23.5. The van der Waals surface area contributed by atoms with Gasteiger partial charge >= 0.3 is 5.97 Å². The van der Waals surface area contributed by atoms with Crippen molar-refractivity contribution in [3.8, 4) is 11.4 Å². The van der Waals surface area contributed by atoms with E-state index in [1.54, 1.807) is 12.1 Å². The number of anilines is 1. The highest BCUT2D eigenvalue weighted by molar-refractivity contribution is 7.80. The molecule has 8 heteroatoms. The number of ether oxygens (including phenoxy) is 2. The van der Waals surface area contributed by atoms with Gasteiger partial charge < -0.3 is 24.3 Å². The average Bonchev–Trinajstić information content (AvgIpc) is 3.71. The van der Waals surface area contributed by atoms with Crippen LogP contribution in [0.3, 0.4) is 0 Å². The molecule has 2 aromatic carbocycles. The molecular weight excluding hydrogens is 532 g/mol. The Morgan fingerprint density at radius 3 is 2.34 bits per heavy atom. The highest BCUT2D eigenvalue weighted by atomic mass is 32.1. The molecule has 0 spiro atoms. The van der Waals surface area contributed by atoms with Crippen molar-refractivity contribution in [2.75, 3.05) is 12.0 Å². The summed E-state index contributed by atoms with van der Waals surface area (Å²) in [5, 5.41) is 4.22. The highest BCUT2D eigenvalue weighted by Gasteiger charge is 2.42. The molecule has 2 fully saturated rings. The standard InChI is InChI=1S/C33H34N4O3S/c1-21-20-28(22(2)36(21)24-13-11-23(12-14-24)32(38)39-3)31-30(29-10-6-7-19-34-29)35-33(41)37(31)25-15-17-27(18-16-25)40-26-8-4-5-9-26/h6-7,10-20,26,30-31H,4-5,8-9H2,1-3H3,(H,35,41)/t30-,31-/m1/s1. The zero-order valence-corrected chi connectivity index (χ0v) is 24.4. The number of esters is 1. The molecule has 4 aromatic rings.